The van der Waals surface area contributed by atoms with Crippen LogP contribution in [-0.4, -0.2) is 26.2 Å². The highest BCUT2D eigenvalue weighted by Gasteiger charge is 2.21. The second-order valence-corrected chi connectivity index (χ2v) is 3.37. The molecule has 1 aliphatic rings. The van der Waals surface area contributed by atoms with Gasteiger partial charge in [0.05, 0.1) is 0 Å². The first-order valence-electron chi connectivity index (χ1n) is 4.18. The Balaban J connectivity index is 2.83. The molecule has 2 rings (SSSR count). The molecule has 0 unspecified atom stereocenters. The fourth-order valence-corrected chi connectivity index (χ4v) is 1.49. The molecule has 1 aliphatic carbocycles. The van der Waals surface area contributed by atoms with Crippen molar-refractivity contribution in [2.45, 2.75) is 12.2 Å². The third-order valence-electron chi connectivity index (χ3n) is 2.23. The molecule has 0 radical (unpaired) electrons. The second-order valence-electron chi connectivity index (χ2n) is 3.37. The van der Waals surface area contributed by atoms with Gasteiger partial charge in [-0.05, 0) is 17.4 Å². The van der Waals surface area contributed by atoms with E-state index >= 15 is 0 Å². The number of aromatic hydroxyl groups is 2. The molecule has 14 heavy (non-hydrogen) atoms. The van der Waals surface area contributed by atoms with E-state index in [1.165, 1.54) is 6.07 Å². The summed E-state index contributed by atoms with van der Waals surface area (Å²) >= 11 is 0. The highest BCUT2D eigenvalue weighted by molar-refractivity contribution is 5.52. The molecule has 4 heteroatoms. The summed E-state index contributed by atoms with van der Waals surface area (Å²) in [6, 6.07) is 2.97. The number of benzene rings is 1. The highest BCUT2D eigenvalue weighted by Crippen LogP contribution is 2.19. The third-order valence-corrected chi connectivity index (χ3v) is 2.23. The van der Waals surface area contributed by atoms with Gasteiger partial charge in [0.1, 0.15) is 0 Å². The van der Waals surface area contributed by atoms with Crippen molar-refractivity contribution in [3.63, 3.8) is 0 Å². The molecule has 0 bridgehead atoms. The summed E-state index contributed by atoms with van der Waals surface area (Å²) in [7, 11) is 0. The Hall–Kier alpha value is -1.52. The summed E-state index contributed by atoms with van der Waals surface area (Å²) < 4.78 is 0. The van der Waals surface area contributed by atoms with Gasteiger partial charge in [-0.3, -0.25) is 0 Å². The normalized spacial score (nSPS) is 17.9. The molecule has 74 valence electrons. The van der Waals surface area contributed by atoms with E-state index in [0.29, 0.717) is 5.22 Å². The fraction of sp³-hybridized carbons (Fsp3) is 0.200. The van der Waals surface area contributed by atoms with E-state index in [1.54, 1.807) is 12.1 Å². The molecule has 0 heterocycles. The molecule has 4 nitrogen and oxygen atoms in total. The van der Waals surface area contributed by atoms with Crippen LogP contribution >= 0.6 is 0 Å². The zero-order valence-electron chi connectivity index (χ0n) is 7.31. The lowest BCUT2D eigenvalue weighted by molar-refractivity contribution is -0.0974. The minimum absolute atomic E-state index is 0.0736. The lowest BCUT2D eigenvalue weighted by Crippen LogP contribution is -2.37. The van der Waals surface area contributed by atoms with Gasteiger partial charge in [0, 0.05) is 11.6 Å². The monoisotopic (exact) mass is 194 g/mol. The lowest BCUT2D eigenvalue weighted by atomic mass is 10.0. The first-order chi connectivity index (χ1) is 6.49. The summed E-state index contributed by atoms with van der Waals surface area (Å²) in [5.41, 5.74) is 0. The molecule has 4 N–H and O–H groups in total. The number of aliphatic hydroxyl groups is 2. The van der Waals surface area contributed by atoms with Crippen LogP contribution in [0.1, 0.15) is 6.42 Å². The third kappa shape index (κ3) is 1.34. The van der Waals surface area contributed by atoms with Crippen LogP contribution in [0, 0.1) is 0 Å². The molecule has 0 fully saturated rings. The van der Waals surface area contributed by atoms with E-state index in [2.05, 4.69) is 0 Å². The van der Waals surface area contributed by atoms with E-state index < -0.39 is 5.79 Å². The molecule has 0 spiro atoms. The lowest BCUT2D eigenvalue weighted by Gasteiger charge is -2.18. The second kappa shape index (κ2) is 2.73. The van der Waals surface area contributed by atoms with Gasteiger partial charge in [-0.2, -0.15) is 0 Å². The summed E-state index contributed by atoms with van der Waals surface area (Å²) in [4.78, 5) is 0. The van der Waals surface area contributed by atoms with Crippen LogP contribution in [0.15, 0.2) is 12.1 Å². The van der Waals surface area contributed by atoms with E-state index in [9.17, 15) is 20.4 Å². The molecule has 0 atom stereocenters. The topological polar surface area (TPSA) is 80.9 Å². The van der Waals surface area contributed by atoms with Crippen LogP contribution in [0.4, 0.5) is 0 Å². The number of phenols is 2. The standard InChI is InChI=1S/C10H10O4/c11-8-2-1-6-3-4-10(13,14)5-7(6)9(8)12/h1-3,5,11-14H,4H2. The predicted molar refractivity (Wildman–Crippen MR) is 49.7 cm³/mol. The van der Waals surface area contributed by atoms with E-state index in [1.807, 2.05) is 0 Å². The van der Waals surface area contributed by atoms with Crippen LogP contribution in [0.25, 0.3) is 12.2 Å². The number of hydrogen-bond acceptors (Lipinski definition) is 4. The van der Waals surface area contributed by atoms with Gasteiger partial charge in [-0.15, -0.1) is 0 Å². The van der Waals surface area contributed by atoms with Crippen molar-refractivity contribution >= 4 is 12.2 Å². The summed E-state index contributed by atoms with van der Waals surface area (Å²) in [5, 5.41) is 38.2. The maximum Gasteiger partial charge on any atom is 0.187 e. The van der Waals surface area contributed by atoms with E-state index in [-0.39, 0.29) is 23.1 Å². The van der Waals surface area contributed by atoms with E-state index in [0.717, 1.165) is 6.08 Å². The number of hydrogen-bond donors (Lipinski definition) is 4. The molecule has 1 aromatic carbocycles. The average Bonchev–Trinajstić information content (AvgIpc) is 2.11. The van der Waals surface area contributed by atoms with Crippen LogP contribution in [0.2, 0.25) is 0 Å². The zero-order valence-corrected chi connectivity index (χ0v) is 7.31. The molecule has 0 saturated carbocycles. The molecular formula is C10H10O4. The van der Waals surface area contributed by atoms with Gasteiger partial charge in [0.15, 0.2) is 17.3 Å². The summed E-state index contributed by atoms with van der Waals surface area (Å²) in [6.07, 6.45) is 2.79. The van der Waals surface area contributed by atoms with Crippen molar-refractivity contribution in [1.29, 1.82) is 0 Å². The highest BCUT2D eigenvalue weighted by atomic mass is 16.5. The van der Waals surface area contributed by atoms with Crippen molar-refractivity contribution in [1.82, 2.24) is 0 Å². The van der Waals surface area contributed by atoms with Crippen molar-refractivity contribution in [2.75, 3.05) is 0 Å². The Morgan fingerprint density at radius 3 is 2.57 bits per heavy atom. The zero-order chi connectivity index (χ0) is 10.3. The average molecular weight is 194 g/mol. The van der Waals surface area contributed by atoms with Crippen molar-refractivity contribution in [3.05, 3.63) is 22.6 Å². The number of fused-ring (bicyclic) bond motifs is 1. The summed E-state index contributed by atoms with van der Waals surface area (Å²) in [6.45, 7) is 0. The van der Waals surface area contributed by atoms with Gasteiger partial charge in [0.25, 0.3) is 0 Å². The Labute approximate surface area is 79.7 Å². The Morgan fingerprint density at radius 2 is 1.86 bits per heavy atom. The molecule has 0 amide bonds. The number of phenolic OH excluding ortho intramolecular Hbond substituents is 2. The molecule has 0 aliphatic heterocycles. The van der Waals surface area contributed by atoms with Gasteiger partial charge in [-0.25, -0.2) is 0 Å². The Kier molecular flexibility index (Phi) is 1.77. The Bertz CT molecular complexity index is 488. The first kappa shape index (κ1) is 9.05. The van der Waals surface area contributed by atoms with Crippen molar-refractivity contribution in [2.24, 2.45) is 0 Å². The van der Waals surface area contributed by atoms with Gasteiger partial charge < -0.3 is 20.4 Å². The largest absolute Gasteiger partial charge is 0.504 e. The molecule has 0 saturated heterocycles. The minimum atomic E-state index is -1.95. The van der Waals surface area contributed by atoms with Gasteiger partial charge in [0.2, 0.25) is 0 Å². The van der Waals surface area contributed by atoms with Crippen molar-refractivity contribution in [3.8, 4) is 11.5 Å². The Morgan fingerprint density at radius 1 is 1.14 bits per heavy atom. The smallest absolute Gasteiger partial charge is 0.187 e. The van der Waals surface area contributed by atoms with Crippen LogP contribution < -0.4 is 10.4 Å². The summed E-state index contributed by atoms with van der Waals surface area (Å²) in [5.74, 6) is -2.55. The van der Waals surface area contributed by atoms with Gasteiger partial charge >= 0.3 is 0 Å². The van der Waals surface area contributed by atoms with Gasteiger partial charge in [-0.1, -0.05) is 12.1 Å². The SMILES string of the molecule is Oc1ccc2c(c1O)=CC(O)(O)CC=2. The van der Waals surface area contributed by atoms with Crippen LogP contribution in [-0.2, 0) is 0 Å². The quantitative estimate of drug-likeness (QED) is 0.307. The maximum absolute atomic E-state index is 9.45. The van der Waals surface area contributed by atoms with E-state index in [4.69, 9.17) is 0 Å². The predicted octanol–water partition coefficient (Wildman–Crippen LogP) is -1.26. The molecule has 0 aromatic heterocycles. The minimum Gasteiger partial charge on any atom is -0.504 e. The van der Waals surface area contributed by atoms with Crippen LogP contribution in [0.5, 0.6) is 11.5 Å². The fourth-order valence-electron chi connectivity index (χ4n) is 1.49. The molecular weight excluding hydrogens is 184 g/mol. The molecule has 1 aromatic rings. The number of rotatable bonds is 0. The van der Waals surface area contributed by atoms with Crippen molar-refractivity contribution < 1.29 is 20.4 Å². The first-order valence-corrected chi connectivity index (χ1v) is 4.18. The van der Waals surface area contributed by atoms with Crippen LogP contribution in [0.3, 0.4) is 0 Å². The maximum atomic E-state index is 9.45.